The Labute approximate surface area is 128 Å². The second kappa shape index (κ2) is 5.19. The van der Waals surface area contributed by atoms with E-state index in [2.05, 4.69) is 46.6 Å². The maximum Gasteiger partial charge on any atom is 0.217 e. The Hall–Kier alpha value is -1.81. The minimum Gasteiger partial charge on any atom is -0.444 e. The van der Waals surface area contributed by atoms with E-state index < -0.39 is 0 Å². The number of aryl methyl sites for hydroxylation is 2. The molecule has 0 aliphatic rings. The van der Waals surface area contributed by atoms with Crippen LogP contribution in [0.4, 0.5) is 0 Å². The highest BCUT2D eigenvalue weighted by molar-refractivity contribution is 6.20. The number of hydrogen-bond acceptors (Lipinski definition) is 3. The van der Waals surface area contributed by atoms with Gasteiger partial charge in [0.1, 0.15) is 17.6 Å². The van der Waals surface area contributed by atoms with Gasteiger partial charge in [-0.3, -0.25) is 0 Å². The highest BCUT2D eigenvalue weighted by Crippen LogP contribution is 2.31. The van der Waals surface area contributed by atoms with E-state index in [0.29, 0.717) is 5.89 Å². The van der Waals surface area contributed by atoms with Crippen LogP contribution in [0.25, 0.3) is 11.0 Å². The average Bonchev–Trinajstić information content (AvgIpc) is 3.01. The number of aromatic nitrogens is 3. The van der Waals surface area contributed by atoms with Gasteiger partial charge in [0.15, 0.2) is 0 Å². The van der Waals surface area contributed by atoms with E-state index in [-0.39, 0.29) is 11.4 Å². The van der Waals surface area contributed by atoms with Crippen LogP contribution in [0.15, 0.2) is 28.8 Å². The van der Waals surface area contributed by atoms with Crippen LogP contribution in [0.2, 0.25) is 0 Å². The van der Waals surface area contributed by atoms with E-state index in [0.717, 1.165) is 22.6 Å². The number of nitrogens with zero attached hydrogens (tertiary/aromatic N) is 3. The summed E-state index contributed by atoms with van der Waals surface area (Å²) in [6.45, 7) is 7.93. The normalized spacial score (nSPS) is 14.5. The molecular weight excluding hydrogens is 286 g/mol. The molecule has 110 valence electrons. The molecule has 1 aromatic carbocycles. The van der Waals surface area contributed by atoms with Crippen LogP contribution in [-0.4, -0.2) is 14.5 Å². The summed E-state index contributed by atoms with van der Waals surface area (Å²) in [5.74, 6) is 2.31. The van der Waals surface area contributed by atoms with E-state index in [1.54, 1.807) is 6.20 Å². The Bertz CT molecular complexity index is 788. The number of benzene rings is 1. The minimum absolute atomic E-state index is 0.0531. The van der Waals surface area contributed by atoms with Crippen LogP contribution in [0, 0.1) is 13.8 Å². The SMILES string of the molecule is Cc1ccc2c(c1)nc(C(C)Cl)n2C(C)c1ncc(C)o1. The van der Waals surface area contributed by atoms with Crippen LogP contribution < -0.4 is 0 Å². The first-order valence-electron chi connectivity index (χ1n) is 7.02. The Morgan fingerprint density at radius 3 is 2.62 bits per heavy atom. The number of rotatable bonds is 3. The molecule has 0 N–H and O–H groups in total. The summed E-state index contributed by atoms with van der Waals surface area (Å²) in [5.41, 5.74) is 3.18. The molecule has 0 fully saturated rings. The van der Waals surface area contributed by atoms with Crippen LogP contribution in [0.5, 0.6) is 0 Å². The van der Waals surface area contributed by atoms with Crippen molar-refractivity contribution >= 4 is 22.6 Å². The van der Waals surface area contributed by atoms with Gasteiger partial charge in [0.2, 0.25) is 5.89 Å². The molecule has 0 bridgehead atoms. The Balaban J connectivity index is 2.21. The standard InChI is InChI=1S/C16H18ClN3O/c1-9-5-6-14-13(7-9)19-15(11(3)17)20(14)12(4)16-18-8-10(2)21-16/h5-8,11-12H,1-4H3. The van der Waals surface area contributed by atoms with Crippen molar-refractivity contribution in [2.75, 3.05) is 0 Å². The summed E-state index contributed by atoms with van der Waals surface area (Å²) in [4.78, 5) is 9.03. The van der Waals surface area contributed by atoms with Gasteiger partial charge >= 0.3 is 0 Å². The van der Waals surface area contributed by atoms with Gasteiger partial charge in [0.25, 0.3) is 0 Å². The first kappa shape index (κ1) is 14.1. The predicted octanol–water partition coefficient (Wildman–Crippen LogP) is 4.55. The van der Waals surface area contributed by atoms with Gasteiger partial charge in [-0.1, -0.05) is 6.07 Å². The lowest BCUT2D eigenvalue weighted by molar-refractivity contribution is 0.414. The molecule has 2 heterocycles. The molecule has 2 aromatic heterocycles. The molecule has 0 radical (unpaired) electrons. The molecule has 0 aliphatic carbocycles. The van der Waals surface area contributed by atoms with Crippen molar-refractivity contribution < 1.29 is 4.42 Å². The van der Waals surface area contributed by atoms with E-state index in [4.69, 9.17) is 16.0 Å². The first-order valence-corrected chi connectivity index (χ1v) is 7.46. The molecule has 21 heavy (non-hydrogen) atoms. The van der Waals surface area contributed by atoms with Crippen LogP contribution in [-0.2, 0) is 0 Å². The molecule has 0 amide bonds. The van der Waals surface area contributed by atoms with Crippen molar-refractivity contribution in [3.8, 4) is 0 Å². The van der Waals surface area contributed by atoms with Gasteiger partial charge in [-0.05, 0) is 45.4 Å². The Kier molecular flexibility index (Phi) is 3.49. The van der Waals surface area contributed by atoms with Crippen LogP contribution >= 0.6 is 11.6 Å². The molecule has 5 heteroatoms. The summed E-state index contributed by atoms with van der Waals surface area (Å²) < 4.78 is 7.78. The number of oxazole rings is 1. The van der Waals surface area contributed by atoms with Crippen molar-refractivity contribution in [3.05, 3.63) is 47.4 Å². The summed E-state index contributed by atoms with van der Waals surface area (Å²) >= 11 is 6.32. The third-order valence-corrected chi connectivity index (χ3v) is 3.81. The van der Waals surface area contributed by atoms with Crippen LogP contribution in [0.1, 0.15) is 48.3 Å². The molecular formula is C16H18ClN3O. The highest BCUT2D eigenvalue weighted by Gasteiger charge is 2.22. The van der Waals surface area contributed by atoms with E-state index >= 15 is 0 Å². The lowest BCUT2D eigenvalue weighted by atomic mass is 10.2. The van der Waals surface area contributed by atoms with E-state index in [9.17, 15) is 0 Å². The van der Waals surface area contributed by atoms with Crippen molar-refractivity contribution in [3.63, 3.8) is 0 Å². The molecule has 0 aliphatic heterocycles. The largest absolute Gasteiger partial charge is 0.444 e. The number of fused-ring (bicyclic) bond motifs is 1. The lowest BCUT2D eigenvalue weighted by Crippen LogP contribution is -2.11. The Morgan fingerprint density at radius 2 is 2.00 bits per heavy atom. The molecule has 2 atom stereocenters. The second-order valence-corrected chi connectivity index (χ2v) is 6.09. The molecule has 4 nitrogen and oxygen atoms in total. The van der Waals surface area contributed by atoms with Gasteiger partial charge < -0.3 is 8.98 Å². The molecule has 2 unspecified atom stereocenters. The molecule has 3 rings (SSSR count). The Morgan fingerprint density at radius 1 is 1.24 bits per heavy atom. The molecule has 3 aromatic rings. The lowest BCUT2D eigenvalue weighted by Gasteiger charge is -2.15. The number of imidazole rings is 1. The van der Waals surface area contributed by atoms with Crippen LogP contribution in [0.3, 0.4) is 0 Å². The van der Waals surface area contributed by atoms with Gasteiger partial charge in [0, 0.05) is 0 Å². The zero-order chi connectivity index (χ0) is 15.1. The molecule has 0 spiro atoms. The van der Waals surface area contributed by atoms with Gasteiger partial charge in [-0.25, -0.2) is 9.97 Å². The topological polar surface area (TPSA) is 43.9 Å². The summed E-state index contributed by atoms with van der Waals surface area (Å²) in [7, 11) is 0. The van der Waals surface area contributed by atoms with Crippen molar-refractivity contribution in [2.45, 2.75) is 39.1 Å². The van der Waals surface area contributed by atoms with E-state index in [1.165, 1.54) is 5.56 Å². The fraction of sp³-hybridized carbons (Fsp3) is 0.375. The maximum absolute atomic E-state index is 6.32. The first-order chi connectivity index (χ1) is 9.97. The highest BCUT2D eigenvalue weighted by atomic mass is 35.5. The van der Waals surface area contributed by atoms with Gasteiger partial charge in [-0.2, -0.15) is 0 Å². The minimum atomic E-state index is -0.184. The monoisotopic (exact) mass is 303 g/mol. The van der Waals surface area contributed by atoms with E-state index in [1.807, 2.05) is 13.8 Å². The summed E-state index contributed by atoms with van der Waals surface area (Å²) in [6.07, 6.45) is 1.74. The third-order valence-electron chi connectivity index (χ3n) is 3.61. The maximum atomic E-state index is 6.32. The quantitative estimate of drug-likeness (QED) is 0.667. The van der Waals surface area contributed by atoms with Gasteiger partial charge in [0.05, 0.1) is 22.6 Å². The zero-order valence-corrected chi connectivity index (χ0v) is 13.3. The third kappa shape index (κ3) is 2.44. The number of alkyl halides is 1. The predicted molar refractivity (Wildman–Crippen MR) is 83.8 cm³/mol. The van der Waals surface area contributed by atoms with Crippen molar-refractivity contribution in [2.24, 2.45) is 0 Å². The zero-order valence-electron chi connectivity index (χ0n) is 12.6. The fourth-order valence-corrected chi connectivity index (χ4v) is 2.74. The summed E-state index contributed by atoms with van der Waals surface area (Å²) in [6, 6.07) is 6.17. The average molecular weight is 304 g/mol. The fourth-order valence-electron chi connectivity index (χ4n) is 2.59. The number of halogens is 1. The summed E-state index contributed by atoms with van der Waals surface area (Å²) in [5, 5.41) is -0.184. The van der Waals surface area contributed by atoms with Crippen molar-refractivity contribution in [1.29, 1.82) is 0 Å². The second-order valence-electron chi connectivity index (χ2n) is 5.43. The molecule has 0 saturated carbocycles. The van der Waals surface area contributed by atoms with Crippen molar-refractivity contribution in [1.82, 2.24) is 14.5 Å². The van der Waals surface area contributed by atoms with Gasteiger partial charge in [-0.15, -0.1) is 11.6 Å². The molecule has 0 saturated heterocycles. The number of hydrogen-bond donors (Lipinski definition) is 0. The smallest absolute Gasteiger partial charge is 0.217 e.